The zero-order chi connectivity index (χ0) is 24.2. The SMILES string of the molecule is COc1ccc2c(c1)c(OC(=O)C(OC(C)=O)c1ccccc1)cn2C(=O)c1ccc(Cl)cc1. The van der Waals surface area contributed by atoms with Crippen molar-refractivity contribution >= 4 is 40.3 Å². The van der Waals surface area contributed by atoms with Crippen molar-refractivity contribution in [2.45, 2.75) is 13.0 Å². The number of carbonyl (C=O) groups excluding carboxylic acids is 3. The molecule has 0 aliphatic rings. The summed E-state index contributed by atoms with van der Waals surface area (Å²) in [5.41, 5.74) is 1.37. The average molecular weight is 478 g/mol. The highest BCUT2D eigenvalue weighted by atomic mass is 35.5. The summed E-state index contributed by atoms with van der Waals surface area (Å²) in [5, 5.41) is 0.982. The normalized spacial score (nSPS) is 11.6. The number of halogens is 1. The van der Waals surface area contributed by atoms with Crippen molar-refractivity contribution in [2.24, 2.45) is 0 Å². The van der Waals surface area contributed by atoms with Crippen LogP contribution in [0.5, 0.6) is 11.5 Å². The Morgan fingerprint density at radius 1 is 0.941 bits per heavy atom. The van der Waals surface area contributed by atoms with Gasteiger partial charge in [0.2, 0.25) is 6.10 Å². The van der Waals surface area contributed by atoms with Crippen LogP contribution in [0.3, 0.4) is 0 Å². The Kier molecular flexibility index (Phi) is 6.65. The number of fused-ring (bicyclic) bond motifs is 1. The molecule has 7 nitrogen and oxygen atoms in total. The van der Waals surface area contributed by atoms with Gasteiger partial charge in [0.15, 0.2) is 5.75 Å². The minimum Gasteiger partial charge on any atom is -0.497 e. The second-order valence-electron chi connectivity index (χ2n) is 7.38. The van der Waals surface area contributed by atoms with E-state index in [4.69, 9.17) is 25.8 Å². The lowest BCUT2D eigenvalue weighted by Crippen LogP contribution is -2.23. The van der Waals surface area contributed by atoms with Crippen molar-refractivity contribution in [3.05, 3.63) is 95.1 Å². The Labute approximate surface area is 200 Å². The van der Waals surface area contributed by atoms with Gasteiger partial charge in [-0.15, -0.1) is 0 Å². The molecule has 34 heavy (non-hydrogen) atoms. The van der Waals surface area contributed by atoms with Crippen LogP contribution >= 0.6 is 11.6 Å². The predicted octanol–water partition coefficient (Wildman–Crippen LogP) is 5.20. The van der Waals surface area contributed by atoms with Crippen LogP contribution < -0.4 is 9.47 Å². The van der Waals surface area contributed by atoms with Crippen molar-refractivity contribution in [3.8, 4) is 11.5 Å². The van der Waals surface area contributed by atoms with Crippen LogP contribution in [0.1, 0.15) is 28.9 Å². The highest BCUT2D eigenvalue weighted by Gasteiger charge is 2.28. The van der Waals surface area contributed by atoms with Gasteiger partial charge in [0.25, 0.3) is 5.91 Å². The van der Waals surface area contributed by atoms with E-state index in [2.05, 4.69) is 0 Å². The number of esters is 2. The molecule has 1 heterocycles. The summed E-state index contributed by atoms with van der Waals surface area (Å²) in [4.78, 5) is 37.9. The molecule has 0 aliphatic carbocycles. The van der Waals surface area contributed by atoms with E-state index in [9.17, 15) is 14.4 Å². The lowest BCUT2D eigenvalue weighted by molar-refractivity contribution is -0.161. The van der Waals surface area contributed by atoms with Crippen LogP contribution in [0.25, 0.3) is 10.9 Å². The standard InChI is InChI=1S/C26H20ClNO6/c1-16(29)33-24(17-6-4-3-5-7-17)26(31)34-23-15-28(22-13-12-20(32-2)14-21(22)23)25(30)18-8-10-19(27)11-9-18/h3-15,24H,1-2H3. The zero-order valence-electron chi connectivity index (χ0n) is 18.4. The van der Waals surface area contributed by atoms with Gasteiger partial charge in [0.05, 0.1) is 18.8 Å². The number of hydrogen-bond donors (Lipinski definition) is 0. The fourth-order valence-electron chi connectivity index (χ4n) is 3.49. The highest BCUT2D eigenvalue weighted by molar-refractivity contribution is 6.30. The Hall–Kier alpha value is -4.10. The van der Waals surface area contributed by atoms with Gasteiger partial charge in [-0.1, -0.05) is 41.9 Å². The molecule has 0 saturated heterocycles. The average Bonchev–Trinajstić information content (AvgIpc) is 3.20. The van der Waals surface area contributed by atoms with Crippen LogP contribution in [0.2, 0.25) is 5.02 Å². The number of rotatable bonds is 6. The summed E-state index contributed by atoms with van der Waals surface area (Å²) in [6.45, 7) is 1.21. The predicted molar refractivity (Wildman–Crippen MR) is 126 cm³/mol. The summed E-state index contributed by atoms with van der Waals surface area (Å²) in [7, 11) is 1.51. The number of benzene rings is 3. The van der Waals surface area contributed by atoms with E-state index >= 15 is 0 Å². The van der Waals surface area contributed by atoms with E-state index in [0.717, 1.165) is 0 Å². The first-order valence-electron chi connectivity index (χ1n) is 10.3. The Balaban J connectivity index is 1.75. The zero-order valence-corrected chi connectivity index (χ0v) is 19.1. The maximum Gasteiger partial charge on any atom is 0.357 e. The van der Waals surface area contributed by atoms with Gasteiger partial charge in [0.1, 0.15) is 5.75 Å². The molecule has 1 atom stereocenters. The second-order valence-corrected chi connectivity index (χ2v) is 7.82. The van der Waals surface area contributed by atoms with Gasteiger partial charge < -0.3 is 14.2 Å². The summed E-state index contributed by atoms with van der Waals surface area (Å²) >= 11 is 5.94. The van der Waals surface area contributed by atoms with Gasteiger partial charge >= 0.3 is 11.9 Å². The number of nitrogens with zero attached hydrogens (tertiary/aromatic N) is 1. The van der Waals surface area contributed by atoms with Gasteiger partial charge in [-0.3, -0.25) is 14.2 Å². The Morgan fingerprint density at radius 3 is 2.29 bits per heavy atom. The minimum absolute atomic E-state index is 0.120. The third kappa shape index (κ3) is 4.79. The summed E-state index contributed by atoms with van der Waals surface area (Å²) < 4.78 is 17.6. The second kappa shape index (κ2) is 9.80. The van der Waals surface area contributed by atoms with Gasteiger partial charge in [-0.25, -0.2) is 4.79 Å². The molecule has 0 bridgehead atoms. The molecule has 0 saturated carbocycles. The molecule has 3 aromatic carbocycles. The molecular formula is C26H20ClNO6. The maximum atomic E-state index is 13.2. The number of methoxy groups -OCH3 is 1. The van der Waals surface area contributed by atoms with E-state index < -0.39 is 18.0 Å². The Morgan fingerprint density at radius 2 is 1.65 bits per heavy atom. The van der Waals surface area contributed by atoms with Crippen molar-refractivity contribution in [2.75, 3.05) is 7.11 Å². The molecule has 1 unspecified atom stereocenters. The van der Waals surface area contributed by atoms with Crippen LogP contribution in [-0.2, 0) is 14.3 Å². The van der Waals surface area contributed by atoms with E-state index in [0.29, 0.717) is 32.8 Å². The first-order valence-corrected chi connectivity index (χ1v) is 10.7. The smallest absolute Gasteiger partial charge is 0.357 e. The topological polar surface area (TPSA) is 83.8 Å². The third-order valence-electron chi connectivity index (χ3n) is 5.10. The van der Waals surface area contributed by atoms with E-state index in [1.807, 2.05) is 0 Å². The van der Waals surface area contributed by atoms with Crippen LogP contribution in [-0.4, -0.2) is 29.5 Å². The van der Waals surface area contributed by atoms with Crippen molar-refractivity contribution in [3.63, 3.8) is 0 Å². The molecule has 1 aromatic heterocycles. The summed E-state index contributed by atoms with van der Waals surface area (Å²) in [6.07, 6.45) is 0.157. The molecule has 172 valence electrons. The van der Waals surface area contributed by atoms with Crippen molar-refractivity contribution < 1.29 is 28.6 Å². The van der Waals surface area contributed by atoms with Crippen molar-refractivity contribution in [1.29, 1.82) is 0 Å². The monoisotopic (exact) mass is 477 g/mol. The number of carbonyl (C=O) groups is 3. The van der Waals surface area contributed by atoms with Gasteiger partial charge in [-0.2, -0.15) is 0 Å². The fourth-order valence-corrected chi connectivity index (χ4v) is 3.62. The van der Waals surface area contributed by atoms with E-state index in [1.165, 1.54) is 24.8 Å². The van der Waals surface area contributed by atoms with Crippen LogP contribution in [0, 0.1) is 0 Å². The Bertz CT molecular complexity index is 1360. The molecule has 0 aliphatic heterocycles. The molecule has 4 rings (SSSR count). The molecule has 8 heteroatoms. The van der Waals surface area contributed by atoms with Crippen LogP contribution in [0.4, 0.5) is 0 Å². The summed E-state index contributed by atoms with van der Waals surface area (Å²) in [5.74, 6) is -1.14. The molecule has 0 N–H and O–H groups in total. The van der Waals surface area contributed by atoms with E-state index in [1.54, 1.807) is 72.8 Å². The van der Waals surface area contributed by atoms with Gasteiger partial charge in [-0.05, 0) is 42.5 Å². The first-order chi connectivity index (χ1) is 16.4. The molecule has 0 amide bonds. The molecule has 4 aromatic rings. The molecule has 0 spiro atoms. The number of aromatic nitrogens is 1. The highest BCUT2D eigenvalue weighted by Crippen LogP contribution is 2.33. The number of hydrogen-bond acceptors (Lipinski definition) is 6. The first kappa shape index (κ1) is 23.1. The van der Waals surface area contributed by atoms with Crippen LogP contribution in [0.15, 0.2) is 79.0 Å². The molecule has 0 radical (unpaired) electrons. The molecule has 0 fully saturated rings. The molecular weight excluding hydrogens is 458 g/mol. The third-order valence-corrected chi connectivity index (χ3v) is 5.35. The summed E-state index contributed by atoms with van der Waals surface area (Å²) in [6, 6.07) is 20.1. The lowest BCUT2D eigenvalue weighted by Gasteiger charge is -2.15. The van der Waals surface area contributed by atoms with Gasteiger partial charge in [0, 0.05) is 28.5 Å². The maximum absolute atomic E-state index is 13.2. The lowest BCUT2D eigenvalue weighted by atomic mass is 10.1. The quantitative estimate of drug-likeness (QED) is 0.355. The fraction of sp³-hybridized carbons (Fsp3) is 0.115. The minimum atomic E-state index is -1.27. The number of ether oxygens (including phenoxy) is 3. The van der Waals surface area contributed by atoms with Crippen molar-refractivity contribution in [1.82, 2.24) is 4.57 Å². The largest absolute Gasteiger partial charge is 0.497 e. The van der Waals surface area contributed by atoms with E-state index in [-0.39, 0.29) is 11.7 Å².